The van der Waals surface area contributed by atoms with Gasteiger partial charge >= 0.3 is 0 Å². The van der Waals surface area contributed by atoms with Crippen molar-refractivity contribution in [2.75, 3.05) is 12.8 Å². The lowest BCUT2D eigenvalue weighted by Crippen LogP contribution is -1.93. The second kappa shape index (κ2) is 5.74. The van der Waals surface area contributed by atoms with Crippen LogP contribution < -0.4 is 10.5 Å². The Kier molecular flexibility index (Phi) is 3.80. The number of ether oxygens (including phenoxy) is 1. The molecule has 0 radical (unpaired) electrons. The zero-order chi connectivity index (χ0) is 14.8. The highest BCUT2D eigenvalue weighted by Gasteiger charge is 2.17. The third kappa shape index (κ3) is 2.47. The van der Waals surface area contributed by atoms with Gasteiger partial charge in [0.25, 0.3) is 0 Å². The van der Waals surface area contributed by atoms with Gasteiger partial charge in [0.2, 0.25) is 0 Å². The van der Waals surface area contributed by atoms with E-state index in [0.717, 1.165) is 50.6 Å². The summed E-state index contributed by atoms with van der Waals surface area (Å²) in [6, 6.07) is 12.3. The molecule has 2 aromatic carbocycles. The summed E-state index contributed by atoms with van der Waals surface area (Å²) in [6.07, 6.45) is 2.03. The monoisotopic (exact) mass is 298 g/mol. The van der Waals surface area contributed by atoms with Gasteiger partial charge in [-0.05, 0) is 29.7 Å². The Morgan fingerprint density at radius 3 is 2.76 bits per heavy atom. The standard InChI is InChI=1S/C17H18N2OS/c1-3-6-14-19-16(17(18)21-14)15-12-8-5-4-7-11(12)9-10-13(15)20-2/h4-5,7-10H,3,6,18H2,1-2H3. The second-order valence-electron chi connectivity index (χ2n) is 4.93. The average molecular weight is 298 g/mol. The predicted molar refractivity (Wildman–Crippen MR) is 90.0 cm³/mol. The fourth-order valence-corrected chi connectivity index (χ4v) is 3.49. The predicted octanol–water partition coefficient (Wildman–Crippen LogP) is 4.51. The van der Waals surface area contributed by atoms with Gasteiger partial charge in [0.1, 0.15) is 16.4 Å². The molecule has 108 valence electrons. The van der Waals surface area contributed by atoms with E-state index in [9.17, 15) is 0 Å². The summed E-state index contributed by atoms with van der Waals surface area (Å²) in [4.78, 5) is 4.74. The summed E-state index contributed by atoms with van der Waals surface area (Å²) in [6.45, 7) is 2.15. The maximum atomic E-state index is 6.22. The molecule has 0 aliphatic heterocycles. The molecule has 0 fully saturated rings. The molecule has 21 heavy (non-hydrogen) atoms. The minimum Gasteiger partial charge on any atom is -0.496 e. The van der Waals surface area contributed by atoms with Crippen LogP contribution in [-0.4, -0.2) is 12.1 Å². The van der Waals surface area contributed by atoms with Crippen LogP contribution in [0.5, 0.6) is 5.75 Å². The maximum absolute atomic E-state index is 6.22. The molecule has 0 atom stereocenters. The topological polar surface area (TPSA) is 48.1 Å². The summed E-state index contributed by atoms with van der Waals surface area (Å²) in [5.41, 5.74) is 8.06. The third-order valence-electron chi connectivity index (χ3n) is 3.51. The molecule has 0 saturated heterocycles. The van der Waals surface area contributed by atoms with E-state index in [1.807, 2.05) is 18.2 Å². The van der Waals surface area contributed by atoms with Gasteiger partial charge in [0, 0.05) is 0 Å². The van der Waals surface area contributed by atoms with E-state index >= 15 is 0 Å². The lowest BCUT2D eigenvalue weighted by atomic mass is 10.0. The molecule has 0 bridgehead atoms. The van der Waals surface area contributed by atoms with Crippen molar-refractivity contribution in [3.05, 3.63) is 41.4 Å². The van der Waals surface area contributed by atoms with Crippen LogP contribution in [0, 0.1) is 0 Å². The third-order valence-corrected chi connectivity index (χ3v) is 4.45. The molecule has 0 spiro atoms. The van der Waals surface area contributed by atoms with Crippen molar-refractivity contribution in [2.45, 2.75) is 19.8 Å². The summed E-state index contributed by atoms with van der Waals surface area (Å²) in [5, 5.41) is 4.13. The van der Waals surface area contributed by atoms with Crippen LogP contribution in [0.4, 0.5) is 5.00 Å². The molecule has 3 aromatic rings. The number of anilines is 1. The van der Waals surface area contributed by atoms with Crippen LogP contribution in [0.2, 0.25) is 0 Å². The van der Waals surface area contributed by atoms with Crippen molar-refractivity contribution in [3.63, 3.8) is 0 Å². The lowest BCUT2D eigenvalue weighted by molar-refractivity contribution is 0.417. The molecule has 0 amide bonds. The fourth-order valence-electron chi connectivity index (χ4n) is 2.54. The molecule has 2 N–H and O–H groups in total. The molecule has 0 aliphatic rings. The largest absolute Gasteiger partial charge is 0.496 e. The number of thiazole rings is 1. The Hall–Kier alpha value is -2.07. The van der Waals surface area contributed by atoms with E-state index in [2.05, 4.69) is 25.1 Å². The molecule has 1 aromatic heterocycles. The molecule has 1 heterocycles. The highest BCUT2D eigenvalue weighted by Crippen LogP contribution is 2.41. The number of hydrogen-bond donors (Lipinski definition) is 1. The maximum Gasteiger partial charge on any atom is 0.129 e. The van der Waals surface area contributed by atoms with Crippen molar-refractivity contribution in [1.29, 1.82) is 0 Å². The van der Waals surface area contributed by atoms with E-state index in [4.69, 9.17) is 15.5 Å². The number of aryl methyl sites for hydroxylation is 1. The van der Waals surface area contributed by atoms with Crippen molar-refractivity contribution in [2.24, 2.45) is 0 Å². The van der Waals surface area contributed by atoms with Gasteiger partial charge in [-0.2, -0.15) is 0 Å². The Balaban J connectivity index is 2.27. The molecular formula is C17H18N2OS. The average Bonchev–Trinajstić information content (AvgIpc) is 2.86. The van der Waals surface area contributed by atoms with Crippen LogP contribution >= 0.6 is 11.3 Å². The number of fused-ring (bicyclic) bond motifs is 1. The van der Waals surface area contributed by atoms with Gasteiger partial charge in [0.15, 0.2) is 0 Å². The van der Waals surface area contributed by atoms with Crippen LogP contribution in [0.1, 0.15) is 18.4 Å². The molecule has 3 nitrogen and oxygen atoms in total. The van der Waals surface area contributed by atoms with Gasteiger partial charge in [-0.15, -0.1) is 11.3 Å². The van der Waals surface area contributed by atoms with E-state index in [-0.39, 0.29) is 0 Å². The number of nitrogens with zero attached hydrogens (tertiary/aromatic N) is 1. The van der Waals surface area contributed by atoms with Gasteiger partial charge in [0.05, 0.1) is 17.7 Å². The summed E-state index contributed by atoms with van der Waals surface area (Å²) >= 11 is 1.57. The number of rotatable bonds is 4. The molecule has 3 rings (SSSR count). The van der Waals surface area contributed by atoms with Crippen LogP contribution in [0.3, 0.4) is 0 Å². The number of methoxy groups -OCH3 is 1. The highest BCUT2D eigenvalue weighted by molar-refractivity contribution is 7.16. The van der Waals surface area contributed by atoms with Crippen LogP contribution in [0.15, 0.2) is 36.4 Å². The van der Waals surface area contributed by atoms with Crippen molar-refractivity contribution in [1.82, 2.24) is 4.98 Å². The lowest BCUT2D eigenvalue weighted by Gasteiger charge is -2.11. The first kappa shape index (κ1) is 13.9. The molecule has 4 heteroatoms. The van der Waals surface area contributed by atoms with E-state index < -0.39 is 0 Å². The second-order valence-corrected chi connectivity index (χ2v) is 6.05. The summed E-state index contributed by atoms with van der Waals surface area (Å²) in [7, 11) is 1.68. The molecule has 0 saturated carbocycles. The van der Waals surface area contributed by atoms with Crippen molar-refractivity contribution < 1.29 is 4.74 Å². The number of nitrogens with two attached hydrogens (primary N) is 1. The Bertz CT molecular complexity index is 780. The Labute approximate surface area is 128 Å². The Morgan fingerprint density at radius 1 is 1.19 bits per heavy atom. The Morgan fingerprint density at radius 2 is 2.00 bits per heavy atom. The number of nitrogen functional groups attached to an aromatic ring is 1. The van der Waals surface area contributed by atoms with Gasteiger partial charge in [-0.3, -0.25) is 0 Å². The van der Waals surface area contributed by atoms with Crippen molar-refractivity contribution in [3.8, 4) is 17.0 Å². The van der Waals surface area contributed by atoms with E-state index in [0.29, 0.717) is 0 Å². The van der Waals surface area contributed by atoms with Gasteiger partial charge in [-0.1, -0.05) is 37.3 Å². The van der Waals surface area contributed by atoms with E-state index in [1.54, 1.807) is 18.4 Å². The van der Waals surface area contributed by atoms with Gasteiger partial charge in [-0.25, -0.2) is 4.98 Å². The fraction of sp³-hybridized carbons (Fsp3) is 0.235. The van der Waals surface area contributed by atoms with Crippen molar-refractivity contribution >= 4 is 27.1 Å². The van der Waals surface area contributed by atoms with Crippen LogP contribution in [0.25, 0.3) is 22.0 Å². The molecule has 0 unspecified atom stereocenters. The van der Waals surface area contributed by atoms with Crippen LogP contribution in [-0.2, 0) is 6.42 Å². The number of benzene rings is 2. The van der Waals surface area contributed by atoms with E-state index in [1.165, 1.54) is 0 Å². The highest BCUT2D eigenvalue weighted by atomic mass is 32.1. The smallest absolute Gasteiger partial charge is 0.129 e. The zero-order valence-corrected chi connectivity index (χ0v) is 13.0. The number of hydrogen-bond acceptors (Lipinski definition) is 4. The number of aromatic nitrogens is 1. The molecular weight excluding hydrogens is 280 g/mol. The summed E-state index contributed by atoms with van der Waals surface area (Å²) < 4.78 is 5.54. The first-order chi connectivity index (χ1) is 10.2. The SMILES string of the molecule is CCCc1nc(-c2c(OC)ccc3ccccc23)c(N)s1. The first-order valence-corrected chi connectivity index (χ1v) is 7.87. The minimum absolute atomic E-state index is 0.758. The quantitative estimate of drug-likeness (QED) is 0.771. The van der Waals surface area contributed by atoms with Gasteiger partial charge < -0.3 is 10.5 Å². The minimum atomic E-state index is 0.758. The zero-order valence-electron chi connectivity index (χ0n) is 12.2. The summed E-state index contributed by atoms with van der Waals surface area (Å²) in [5.74, 6) is 0.814. The molecule has 0 aliphatic carbocycles. The normalized spacial score (nSPS) is 11.0. The first-order valence-electron chi connectivity index (χ1n) is 7.06.